The topological polar surface area (TPSA) is 84.4 Å². The van der Waals surface area contributed by atoms with E-state index in [2.05, 4.69) is 10.6 Å². The van der Waals surface area contributed by atoms with Gasteiger partial charge < -0.3 is 29.7 Å². The van der Waals surface area contributed by atoms with Crippen LogP contribution in [-0.4, -0.2) is 71.3 Å². The van der Waals surface area contributed by atoms with Crippen molar-refractivity contribution in [2.24, 2.45) is 10.4 Å². The third kappa shape index (κ3) is 7.22. The Labute approximate surface area is 186 Å². The highest BCUT2D eigenvalue weighted by Crippen LogP contribution is 2.39. The fourth-order valence-corrected chi connectivity index (χ4v) is 3.87. The predicted octanol–water partition coefficient (Wildman–Crippen LogP) is 2.68. The van der Waals surface area contributed by atoms with Crippen molar-refractivity contribution in [3.05, 3.63) is 18.2 Å². The maximum Gasteiger partial charge on any atom is 0.230 e. The summed E-state index contributed by atoms with van der Waals surface area (Å²) < 4.78 is 16.4. The minimum atomic E-state index is -0.361. The Bertz CT molecular complexity index is 708. The van der Waals surface area contributed by atoms with Crippen LogP contribution in [0.1, 0.15) is 39.0 Å². The van der Waals surface area contributed by atoms with Gasteiger partial charge in [0.25, 0.3) is 0 Å². The maximum atomic E-state index is 12.7. The monoisotopic (exact) mass is 434 g/mol. The molecule has 1 fully saturated rings. The molecule has 31 heavy (non-hydrogen) atoms. The van der Waals surface area contributed by atoms with Crippen LogP contribution in [0.25, 0.3) is 0 Å². The highest BCUT2D eigenvalue weighted by atomic mass is 16.5. The molecule has 1 saturated carbocycles. The first-order valence-electron chi connectivity index (χ1n) is 11.0. The summed E-state index contributed by atoms with van der Waals surface area (Å²) in [4.78, 5) is 19.2. The molecule has 8 heteroatoms. The Balaban J connectivity index is 1.86. The van der Waals surface area contributed by atoms with Gasteiger partial charge in [0, 0.05) is 45.4 Å². The van der Waals surface area contributed by atoms with Crippen molar-refractivity contribution in [2.45, 2.75) is 39.0 Å². The van der Waals surface area contributed by atoms with Gasteiger partial charge in [0.1, 0.15) is 17.2 Å². The molecule has 2 rings (SSSR count). The SMILES string of the molecule is CCNC(=NCC1(C(=O)N(C)C)CCCC1)NCCCOc1cc(OC)cc(OC)c1. The Kier molecular flexibility index (Phi) is 9.75. The van der Waals surface area contributed by atoms with Crippen LogP contribution >= 0.6 is 0 Å². The van der Waals surface area contributed by atoms with Crippen LogP contribution in [0.3, 0.4) is 0 Å². The molecule has 0 radical (unpaired) electrons. The average Bonchev–Trinajstić information content (AvgIpc) is 3.26. The highest BCUT2D eigenvalue weighted by Gasteiger charge is 2.42. The number of hydrogen-bond donors (Lipinski definition) is 2. The molecule has 0 aliphatic heterocycles. The number of carbonyl (C=O) groups is 1. The standard InChI is InChI=1S/C23H38N4O4/c1-6-24-22(26-17-23(10-7-8-11-23)21(28)27(2)3)25-12-9-13-31-20-15-18(29-4)14-19(16-20)30-5/h14-16H,6-13,17H2,1-5H3,(H2,24,25,26). The summed E-state index contributed by atoms with van der Waals surface area (Å²) in [5.74, 6) is 3.03. The summed E-state index contributed by atoms with van der Waals surface area (Å²) in [6.07, 6.45) is 4.79. The van der Waals surface area contributed by atoms with Crippen LogP contribution in [0.2, 0.25) is 0 Å². The number of methoxy groups -OCH3 is 2. The number of benzene rings is 1. The summed E-state index contributed by atoms with van der Waals surface area (Å²) in [5.41, 5.74) is -0.361. The van der Waals surface area contributed by atoms with E-state index in [4.69, 9.17) is 19.2 Å². The highest BCUT2D eigenvalue weighted by molar-refractivity contribution is 5.84. The van der Waals surface area contributed by atoms with Gasteiger partial charge in [-0.25, -0.2) is 0 Å². The van der Waals surface area contributed by atoms with Crippen molar-refractivity contribution in [3.8, 4) is 17.2 Å². The summed E-state index contributed by atoms with van der Waals surface area (Å²) in [6, 6.07) is 5.49. The molecule has 0 unspecified atom stereocenters. The lowest BCUT2D eigenvalue weighted by molar-refractivity contribution is -0.138. The van der Waals surface area contributed by atoms with E-state index in [1.807, 2.05) is 39.2 Å². The van der Waals surface area contributed by atoms with Gasteiger partial charge in [-0.3, -0.25) is 9.79 Å². The number of nitrogens with one attached hydrogen (secondary N) is 2. The second kappa shape index (κ2) is 12.3. The largest absolute Gasteiger partial charge is 0.496 e. The molecule has 0 saturated heterocycles. The quantitative estimate of drug-likeness (QED) is 0.316. The van der Waals surface area contributed by atoms with Gasteiger partial charge in [0.05, 0.1) is 32.8 Å². The first-order valence-corrected chi connectivity index (χ1v) is 11.0. The van der Waals surface area contributed by atoms with Crippen molar-refractivity contribution in [2.75, 3.05) is 54.6 Å². The molecular weight excluding hydrogens is 396 g/mol. The number of carbonyl (C=O) groups excluding carboxylic acids is 1. The molecule has 1 aromatic rings. The maximum absolute atomic E-state index is 12.7. The zero-order chi connectivity index (χ0) is 22.7. The van der Waals surface area contributed by atoms with Crippen LogP contribution in [0.15, 0.2) is 23.2 Å². The van der Waals surface area contributed by atoms with Gasteiger partial charge in [0.15, 0.2) is 5.96 Å². The number of amides is 1. The summed E-state index contributed by atoms with van der Waals surface area (Å²) >= 11 is 0. The third-order valence-corrected chi connectivity index (χ3v) is 5.51. The fraction of sp³-hybridized carbons (Fsp3) is 0.652. The van der Waals surface area contributed by atoms with Crippen LogP contribution in [0.5, 0.6) is 17.2 Å². The lowest BCUT2D eigenvalue weighted by Gasteiger charge is -2.29. The van der Waals surface area contributed by atoms with E-state index in [9.17, 15) is 4.79 Å². The molecule has 1 amide bonds. The molecule has 174 valence electrons. The second-order valence-electron chi connectivity index (χ2n) is 8.06. The number of nitrogens with zero attached hydrogens (tertiary/aromatic N) is 2. The smallest absolute Gasteiger partial charge is 0.230 e. The Morgan fingerprint density at radius 1 is 1.06 bits per heavy atom. The molecule has 8 nitrogen and oxygen atoms in total. The molecule has 1 aromatic carbocycles. The molecule has 1 aliphatic carbocycles. The molecule has 2 N–H and O–H groups in total. The number of ether oxygens (including phenoxy) is 3. The minimum absolute atomic E-state index is 0.187. The number of hydrogen-bond acceptors (Lipinski definition) is 5. The van der Waals surface area contributed by atoms with Gasteiger partial charge >= 0.3 is 0 Å². The third-order valence-electron chi connectivity index (χ3n) is 5.51. The van der Waals surface area contributed by atoms with E-state index in [1.54, 1.807) is 19.1 Å². The minimum Gasteiger partial charge on any atom is -0.496 e. The van der Waals surface area contributed by atoms with E-state index in [0.29, 0.717) is 36.9 Å². The van der Waals surface area contributed by atoms with Gasteiger partial charge in [-0.05, 0) is 26.2 Å². The van der Waals surface area contributed by atoms with E-state index in [-0.39, 0.29) is 11.3 Å². The van der Waals surface area contributed by atoms with Crippen LogP contribution in [0, 0.1) is 5.41 Å². The normalized spacial score (nSPS) is 15.3. The summed E-state index contributed by atoms with van der Waals surface area (Å²) in [6.45, 7) is 4.57. The van der Waals surface area contributed by atoms with Crippen molar-refractivity contribution in [3.63, 3.8) is 0 Å². The lowest BCUT2D eigenvalue weighted by Crippen LogP contribution is -2.43. The predicted molar refractivity (Wildman–Crippen MR) is 123 cm³/mol. The Hall–Kier alpha value is -2.64. The molecule has 0 aromatic heterocycles. The Morgan fingerprint density at radius 3 is 2.23 bits per heavy atom. The number of rotatable bonds is 11. The average molecular weight is 435 g/mol. The van der Waals surface area contributed by atoms with Crippen molar-refractivity contribution < 1.29 is 19.0 Å². The molecule has 0 heterocycles. The molecule has 0 atom stereocenters. The zero-order valence-corrected chi connectivity index (χ0v) is 19.6. The van der Waals surface area contributed by atoms with E-state index in [0.717, 1.165) is 44.6 Å². The summed E-state index contributed by atoms with van der Waals surface area (Å²) in [5, 5.41) is 6.62. The number of aliphatic imine (C=N–C) groups is 1. The van der Waals surface area contributed by atoms with Gasteiger partial charge in [0.2, 0.25) is 5.91 Å². The Morgan fingerprint density at radius 2 is 1.68 bits per heavy atom. The van der Waals surface area contributed by atoms with Crippen LogP contribution < -0.4 is 24.8 Å². The van der Waals surface area contributed by atoms with Gasteiger partial charge in [-0.15, -0.1) is 0 Å². The second-order valence-corrected chi connectivity index (χ2v) is 8.06. The van der Waals surface area contributed by atoms with Crippen LogP contribution in [-0.2, 0) is 4.79 Å². The molecular formula is C23H38N4O4. The fourth-order valence-electron chi connectivity index (χ4n) is 3.87. The van der Waals surface area contributed by atoms with Crippen LogP contribution in [0.4, 0.5) is 0 Å². The number of guanidine groups is 1. The molecule has 1 aliphatic rings. The summed E-state index contributed by atoms with van der Waals surface area (Å²) in [7, 11) is 6.89. The first-order chi connectivity index (χ1) is 14.9. The van der Waals surface area contributed by atoms with Gasteiger partial charge in [-0.1, -0.05) is 12.8 Å². The van der Waals surface area contributed by atoms with Crippen molar-refractivity contribution >= 4 is 11.9 Å². The van der Waals surface area contributed by atoms with Crippen molar-refractivity contribution in [1.29, 1.82) is 0 Å². The lowest BCUT2D eigenvalue weighted by atomic mass is 9.85. The van der Waals surface area contributed by atoms with E-state index in [1.165, 1.54) is 0 Å². The first kappa shape index (κ1) is 24.6. The van der Waals surface area contributed by atoms with Crippen molar-refractivity contribution in [1.82, 2.24) is 15.5 Å². The zero-order valence-electron chi connectivity index (χ0n) is 19.6. The van der Waals surface area contributed by atoms with E-state index >= 15 is 0 Å². The van der Waals surface area contributed by atoms with E-state index < -0.39 is 0 Å². The van der Waals surface area contributed by atoms with Gasteiger partial charge in [-0.2, -0.15) is 0 Å². The molecule has 0 bridgehead atoms. The molecule has 0 spiro atoms.